The molecule has 116 valence electrons. The van der Waals surface area contributed by atoms with Crippen LogP contribution in [0.15, 0.2) is 24.3 Å². The molecule has 1 N–H and O–H groups in total. The first-order chi connectivity index (χ1) is 9.47. The molecule has 5 nitrogen and oxygen atoms in total. The van der Waals surface area contributed by atoms with Gasteiger partial charge in [0, 0.05) is 5.69 Å². The molecule has 1 rings (SSSR count). The van der Waals surface area contributed by atoms with E-state index < -0.39 is 22.0 Å². The maximum absolute atomic E-state index is 11.7. The Morgan fingerprint density at radius 2 is 1.57 bits per heavy atom. The van der Waals surface area contributed by atoms with Crippen LogP contribution in [0.2, 0.25) is 0 Å². The van der Waals surface area contributed by atoms with Gasteiger partial charge in [0.05, 0.1) is 0 Å². The molecule has 1 aromatic rings. The largest absolute Gasteiger partial charge is 0.444 e. The van der Waals surface area contributed by atoms with E-state index in [0.29, 0.717) is 11.4 Å². The fourth-order valence-corrected chi connectivity index (χ4v) is 1.34. The van der Waals surface area contributed by atoms with Gasteiger partial charge in [-0.25, -0.2) is 4.79 Å². The van der Waals surface area contributed by atoms with Crippen molar-refractivity contribution < 1.29 is 19.1 Å². The van der Waals surface area contributed by atoms with Crippen LogP contribution in [0.4, 0.5) is 10.5 Å². The Morgan fingerprint density at radius 1 is 1.05 bits per heavy atom. The summed E-state index contributed by atoms with van der Waals surface area (Å²) in [4.78, 5) is 23.3. The number of esters is 1. The number of carbonyl (C=O) groups is 2. The lowest BCUT2D eigenvalue weighted by molar-refractivity contribution is -0.136. The number of hydrogen-bond donors (Lipinski definition) is 1. The Labute approximate surface area is 133 Å². The molecule has 1 aromatic carbocycles. The van der Waals surface area contributed by atoms with Gasteiger partial charge in [0.2, 0.25) is 0 Å². The first-order valence-electron chi connectivity index (χ1n) is 6.49. The fourth-order valence-electron chi connectivity index (χ4n) is 1.26. The first-order valence-corrected chi connectivity index (χ1v) is 7.28. The molecule has 0 saturated heterocycles. The van der Waals surface area contributed by atoms with E-state index in [0.717, 1.165) is 0 Å². The van der Waals surface area contributed by atoms with Crippen LogP contribution in [-0.2, 0) is 9.53 Å². The van der Waals surface area contributed by atoms with Crippen molar-refractivity contribution in [2.45, 2.75) is 44.5 Å². The molecule has 0 bridgehead atoms. The summed E-state index contributed by atoms with van der Waals surface area (Å²) in [6, 6.07) is 6.47. The predicted octanol–water partition coefficient (Wildman–Crippen LogP) is 4.11. The number of amides is 1. The molecule has 21 heavy (non-hydrogen) atoms. The monoisotopic (exact) mass is 357 g/mol. The van der Waals surface area contributed by atoms with Crippen LogP contribution in [0.5, 0.6) is 5.75 Å². The minimum absolute atomic E-state index is 0.393. The minimum atomic E-state index is -0.750. The van der Waals surface area contributed by atoms with Gasteiger partial charge < -0.3 is 9.47 Å². The lowest BCUT2D eigenvalue weighted by atomic mass is 10.2. The van der Waals surface area contributed by atoms with Crippen LogP contribution < -0.4 is 10.1 Å². The molecular formula is C15H20BrNO4. The summed E-state index contributed by atoms with van der Waals surface area (Å²) in [5.41, 5.74) is 0.00300. The molecule has 0 aliphatic heterocycles. The third-order valence-corrected chi connectivity index (χ3v) is 2.52. The van der Waals surface area contributed by atoms with Gasteiger partial charge in [0.25, 0.3) is 0 Å². The number of anilines is 1. The average Bonchev–Trinajstić information content (AvgIpc) is 2.27. The van der Waals surface area contributed by atoms with Gasteiger partial charge in [0.15, 0.2) is 0 Å². The molecule has 0 unspecified atom stereocenters. The number of rotatable bonds is 3. The van der Waals surface area contributed by atoms with E-state index in [1.54, 1.807) is 58.9 Å². The van der Waals surface area contributed by atoms with Crippen LogP contribution >= 0.6 is 15.9 Å². The lowest BCUT2D eigenvalue weighted by Crippen LogP contribution is -2.29. The predicted molar refractivity (Wildman–Crippen MR) is 84.9 cm³/mol. The Bertz CT molecular complexity index is 512. The highest BCUT2D eigenvalue weighted by Crippen LogP contribution is 2.22. The molecule has 0 spiro atoms. The highest BCUT2D eigenvalue weighted by Gasteiger charge is 2.26. The number of benzene rings is 1. The summed E-state index contributed by atoms with van der Waals surface area (Å²) >= 11 is 3.23. The Kier molecular flexibility index (Phi) is 5.39. The van der Waals surface area contributed by atoms with Gasteiger partial charge in [0.1, 0.15) is 15.7 Å². The number of alkyl halides is 1. The van der Waals surface area contributed by atoms with E-state index in [1.165, 1.54) is 0 Å². The van der Waals surface area contributed by atoms with Crippen molar-refractivity contribution in [2.24, 2.45) is 0 Å². The maximum atomic E-state index is 11.7. The summed E-state index contributed by atoms with van der Waals surface area (Å²) in [6.07, 6.45) is -0.533. The molecule has 0 aromatic heterocycles. The second kappa shape index (κ2) is 6.47. The summed E-state index contributed by atoms with van der Waals surface area (Å²) in [5.74, 6) is 0.0117. The third kappa shape index (κ3) is 6.62. The van der Waals surface area contributed by atoms with Gasteiger partial charge >= 0.3 is 12.1 Å². The minimum Gasteiger partial charge on any atom is -0.444 e. The molecule has 0 atom stereocenters. The van der Waals surface area contributed by atoms with E-state index in [-0.39, 0.29) is 0 Å². The summed E-state index contributed by atoms with van der Waals surface area (Å²) in [7, 11) is 0. The topological polar surface area (TPSA) is 64.6 Å². The standard InChI is InChI=1S/C15H20BrNO4/c1-14(2,3)21-13(19)17-10-6-8-11(9-7-10)20-12(18)15(4,5)16/h6-9H,1-5H3,(H,17,19). The Hall–Kier alpha value is -1.56. The van der Waals surface area contributed by atoms with Crippen LogP contribution in [-0.4, -0.2) is 22.0 Å². The van der Waals surface area contributed by atoms with Gasteiger partial charge in [-0.2, -0.15) is 0 Å². The van der Waals surface area contributed by atoms with E-state index in [4.69, 9.17) is 9.47 Å². The maximum Gasteiger partial charge on any atom is 0.412 e. The molecule has 6 heteroatoms. The van der Waals surface area contributed by atoms with E-state index in [9.17, 15) is 9.59 Å². The Balaban J connectivity index is 2.63. The lowest BCUT2D eigenvalue weighted by Gasteiger charge is -2.19. The molecule has 0 fully saturated rings. The van der Waals surface area contributed by atoms with Crippen molar-refractivity contribution in [3.05, 3.63) is 24.3 Å². The number of halogens is 1. The van der Waals surface area contributed by atoms with Gasteiger partial charge in [-0.05, 0) is 58.9 Å². The summed E-state index contributed by atoms with van der Waals surface area (Å²) < 4.78 is 9.58. The van der Waals surface area contributed by atoms with Crippen molar-refractivity contribution in [3.63, 3.8) is 0 Å². The molecule has 0 radical (unpaired) electrons. The molecule has 1 amide bonds. The highest BCUT2D eigenvalue weighted by molar-refractivity contribution is 9.10. The SMILES string of the molecule is CC(C)(C)OC(=O)Nc1ccc(OC(=O)C(C)(C)Br)cc1. The summed E-state index contributed by atoms with van der Waals surface area (Å²) in [5, 5.41) is 2.60. The molecule has 0 aliphatic rings. The van der Waals surface area contributed by atoms with E-state index in [2.05, 4.69) is 21.2 Å². The van der Waals surface area contributed by atoms with Crippen LogP contribution in [0.1, 0.15) is 34.6 Å². The zero-order valence-electron chi connectivity index (χ0n) is 12.8. The highest BCUT2D eigenvalue weighted by atomic mass is 79.9. The van der Waals surface area contributed by atoms with E-state index in [1.807, 2.05) is 0 Å². The molecule has 0 aliphatic carbocycles. The van der Waals surface area contributed by atoms with Crippen LogP contribution in [0.3, 0.4) is 0 Å². The number of hydrogen-bond acceptors (Lipinski definition) is 4. The van der Waals surface area contributed by atoms with Gasteiger partial charge in [-0.1, -0.05) is 15.9 Å². The molecule has 0 saturated carbocycles. The zero-order chi connectivity index (χ0) is 16.3. The van der Waals surface area contributed by atoms with Gasteiger partial charge in [-0.15, -0.1) is 0 Å². The number of nitrogens with one attached hydrogen (secondary N) is 1. The van der Waals surface area contributed by atoms with Gasteiger partial charge in [-0.3, -0.25) is 10.1 Å². The zero-order valence-corrected chi connectivity index (χ0v) is 14.4. The van der Waals surface area contributed by atoms with Crippen molar-refractivity contribution in [3.8, 4) is 5.75 Å². The Morgan fingerprint density at radius 3 is 2.00 bits per heavy atom. The quantitative estimate of drug-likeness (QED) is 0.502. The number of ether oxygens (including phenoxy) is 2. The number of carbonyl (C=O) groups excluding carboxylic acids is 2. The van der Waals surface area contributed by atoms with Crippen LogP contribution in [0, 0.1) is 0 Å². The smallest absolute Gasteiger partial charge is 0.412 e. The van der Waals surface area contributed by atoms with Crippen molar-refractivity contribution in [2.75, 3.05) is 5.32 Å². The third-order valence-electron chi connectivity index (χ3n) is 2.20. The fraction of sp³-hybridized carbons (Fsp3) is 0.467. The van der Waals surface area contributed by atoms with Crippen molar-refractivity contribution >= 4 is 33.7 Å². The molecule has 0 heterocycles. The second-order valence-corrected chi connectivity index (χ2v) is 8.00. The normalized spacial score (nSPS) is 11.7. The first kappa shape index (κ1) is 17.5. The van der Waals surface area contributed by atoms with Crippen molar-refractivity contribution in [1.29, 1.82) is 0 Å². The second-order valence-electron chi connectivity index (χ2n) is 6.01. The average molecular weight is 358 g/mol. The van der Waals surface area contributed by atoms with Crippen LogP contribution in [0.25, 0.3) is 0 Å². The van der Waals surface area contributed by atoms with Crippen molar-refractivity contribution in [1.82, 2.24) is 0 Å². The molecular weight excluding hydrogens is 338 g/mol. The van der Waals surface area contributed by atoms with E-state index >= 15 is 0 Å². The summed E-state index contributed by atoms with van der Waals surface area (Å²) in [6.45, 7) is 8.77.